The van der Waals surface area contributed by atoms with Crippen molar-refractivity contribution >= 4 is 10.9 Å². The van der Waals surface area contributed by atoms with E-state index in [1.54, 1.807) is 0 Å². The predicted molar refractivity (Wildman–Crippen MR) is 74.7 cm³/mol. The fraction of sp³-hybridized carbons (Fsp3) is 0.500. The van der Waals surface area contributed by atoms with Crippen LogP contribution >= 0.6 is 0 Å². The highest BCUT2D eigenvalue weighted by atomic mass is 16.3. The van der Waals surface area contributed by atoms with Gasteiger partial charge in [0.15, 0.2) is 0 Å². The first kappa shape index (κ1) is 11.8. The highest BCUT2D eigenvalue weighted by Crippen LogP contribution is 2.34. The van der Waals surface area contributed by atoms with Gasteiger partial charge >= 0.3 is 0 Å². The van der Waals surface area contributed by atoms with Crippen LogP contribution in [0.25, 0.3) is 10.9 Å². The van der Waals surface area contributed by atoms with E-state index < -0.39 is 6.10 Å². The van der Waals surface area contributed by atoms with E-state index >= 15 is 0 Å². The number of aromatic nitrogens is 1. The maximum atomic E-state index is 9.95. The number of nitrogens with zero attached hydrogens (tertiary/aromatic N) is 1. The number of hydrogen-bond donors (Lipinski definition) is 1. The van der Waals surface area contributed by atoms with Crippen molar-refractivity contribution in [2.45, 2.75) is 51.2 Å². The van der Waals surface area contributed by atoms with Crippen LogP contribution in [0.15, 0.2) is 30.5 Å². The normalized spacial score (nSPS) is 19.2. The number of hydrogen-bond acceptors (Lipinski definition) is 1. The number of aliphatic hydroxyl groups excluding tert-OH is 1. The van der Waals surface area contributed by atoms with Crippen LogP contribution in [0, 0.1) is 0 Å². The molecule has 2 heteroatoms. The Morgan fingerprint density at radius 1 is 1.17 bits per heavy atom. The minimum absolute atomic E-state index is 0.397. The van der Waals surface area contributed by atoms with Gasteiger partial charge in [-0.2, -0.15) is 0 Å². The van der Waals surface area contributed by atoms with E-state index in [-0.39, 0.29) is 0 Å². The number of rotatable bonds is 2. The molecule has 2 nitrogen and oxygen atoms in total. The molecule has 1 atom stereocenters. The van der Waals surface area contributed by atoms with Crippen molar-refractivity contribution in [1.29, 1.82) is 0 Å². The van der Waals surface area contributed by atoms with Gasteiger partial charge in [-0.15, -0.1) is 0 Å². The van der Waals surface area contributed by atoms with Crippen LogP contribution in [0.5, 0.6) is 0 Å². The summed E-state index contributed by atoms with van der Waals surface area (Å²) in [5.74, 6) is 0. The van der Waals surface area contributed by atoms with Crippen molar-refractivity contribution in [3.63, 3.8) is 0 Å². The van der Waals surface area contributed by atoms with Gasteiger partial charge in [0.2, 0.25) is 0 Å². The number of fused-ring (bicyclic) bond motifs is 1. The average molecular weight is 243 g/mol. The SMILES string of the molecule is CC(O)c1cccc2ccn(C3CCCCC3)c12. The lowest BCUT2D eigenvalue weighted by molar-refractivity contribution is 0.200. The molecular formula is C16H21NO. The Hall–Kier alpha value is -1.28. The molecule has 1 unspecified atom stereocenters. The molecule has 1 heterocycles. The maximum absolute atomic E-state index is 9.95. The van der Waals surface area contributed by atoms with Crippen molar-refractivity contribution in [2.75, 3.05) is 0 Å². The van der Waals surface area contributed by atoms with Gasteiger partial charge in [-0.1, -0.05) is 37.5 Å². The molecule has 3 rings (SSSR count). The lowest BCUT2D eigenvalue weighted by Gasteiger charge is -2.25. The molecule has 0 bridgehead atoms. The molecule has 1 saturated carbocycles. The van der Waals surface area contributed by atoms with E-state index in [4.69, 9.17) is 0 Å². The third-order valence-electron chi connectivity index (χ3n) is 4.19. The highest BCUT2D eigenvalue weighted by Gasteiger charge is 2.18. The summed E-state index contributed by atoms with van der Waals surface area (Å²) < 4.78 is 2.40. The molecule has 0 radical (unpaired) electrons. The van der Waals surface area contributed by atoms with E-state index in [0.29, 0.717) is 6.04 Å². The zero-order valence-electron chi connectivity index (χ0n) is 11.0. The van der Waals surface area contributed by atoms with E-state index in [1.165, 1.54) is 43.0 Å². The second kappa shape index (κ2) is 4.77. The molecule has 0 amide bonds. The van der Waals surface area contributed by atoms with Crippen LogP contribution in [0.4, 0.5) is 0 Å². The second-order valence-electron chi connectivity index (χ2n) is 5.48. The highest BCUT2D eigenvalue weighted by molar-refractivity contribution is 5.83. The van der Waals surface area contributed by atoms with Crippen LogP contribution in [0.3, 0.4) is 0 Å². The summed E-state index contributed by atoms with van der Waals surface area (Å²) in [4.78, 5) is 0. The van der Waals surface area contributed by atoms with Gasteiger partial charge in [0.25, 0.3) is 0 Å². The number of para-hydroxylation sites is 1. The van der Waals surface area contributed by atoms with Crippen molar-refractivity contribution in [1.82, 2.24) is 4.57 Å². The minimum Gasteiger partial charge on any atom is -0.389 e. The Morgan fingerprint density at radius 3 is 2.67 bits per heavy atom. The first-order valence-electron chi connectivity index (χ1n) is 7.05. The van der Waals surface area contributed by atoms with Gasteiger partial charge in [-0.25, -0.2) is 0 Å². The van der Waals surface area contributed by atoms with E-state index in [1.807, 2.05) is 19.1 Å². The molecule has 1 N–H and O–H groups in total. The smallest absolute Gasteiger partial charge is 0.0782 e. The zero-order valence-corrected chi connectivity index (χ0v) is 11.0. The predicted octanol–water partition coefficient (Wildman–Crippen LogP) is 4.20. The standard InChI is InChI=1S/C16H21NO/c1-12(18)15-9-5-6-13-10-11-17(16(13)15)14-7-3-2-4-8-14/h5-6,9-12,14,18H,2-4,7-8H2,1H3. The van der Waals surface area contributed by atoms with E-state index in [2.05, 4.69) is 22.9 Å². The lowest BCUT2D eigenvalue weighted by Crippen LogP contribution is -2.12. The Labute approximate surface area is 108 Å². The number of aliphatic hydroxyl groups is 1. The molecule has 1 aliphatic carbocycles. The Balaban J connectivity index is 2.11. The van der Waals surface area contributed by atoms with Crippen molar-refractivity contribution < 1.29 is 5.11 Å². The molecule has 0 spiro atoms. The molecular weight excluding hydrogens is 222 g/mol. The van der Waals surface area contributed by atoms with Gasteiger partial charge in [-0.05, 0) is 31.2 Å². The lowest BCUT2D eigenvalue weighted by atomic mass is 9.95. The van der Waals surface area contributed by atoms with Crippen molar-refractivity contribution in [3.05, 3.63) is 36.0 Å². The van der Waals surface area contributed by atoms with Gasteiger partial charge in [0, 0.05) is 17.8 Å². The first-order valence-corrected chi connectivity index (χ1v) is 7.05. The fourth-order valence-electron chi connectivity index (χ4n) is 3.25. The van der Waals surface area contributed by atoms with E-state index in [9.17, 15) is 5.11 Å². The summed E-state index contributed by atoms with van der Waals surface area (Å²) in [5, 5.41) is 11.2. The van der Waals surface area contributed by atoms with Gasteiger partial charge in [0.1, 0.15) is 0 Å². The Bertz CT molecular complexity index is 535. The molecule has 2 aromatic rings. The molecule has 0 aliphatic heterocycles. The fourth-order valence-corrected chi connectivity index (χ4v) is 3.25. The summed E-state index contributed by atoms with van der Waals surface area (Å²) in [5.41, 5.74) is 2.29. The molecule has 96 valence electrons. The van der Waals surface area contributed by atoms with Crippen LogP contribution in [0.1, 0.15) is 56.7 Å². The summed E-state index contributed by atoms with van der Waals surface area (Å²) >= 11 is 0. The van der Waals surface area contributed by atoms with Crippen LogP contribution < -0.4 is 0 Å². The monoisotopic (exact) mass is 243 g/mol. The molecule has 1 aromatic heterocycles. The van der Waals surface area contributed by atoms with Gasteiger partial charge < -0.3 is 9.67 Å². The van der Waals surface area contributed by atoms with Crippen molar-refractivity contribution in [3.8, 4) is 0 Å². The molecule has 18 heavy (non-hydrogen) atoms. The number of benzene rings is 1. The van der Waals surface area contributed by atoms with Crippen molar-refractivity contribution in [2.24, 2.45) is 0 Å². The largest absolute Gasteiger partial charge is 0.389 e. The van der Waals surface area contributed by atoms with Crippen LogP contribution in [0.2, 0.25) is 0 Å². The Kier molecular flexibility index (Phi) is 3.13. The quantitative estimate of drug-likeness (QED) is 0.840. The van der Waals surface area contributed by atoms with Gasteiger partial charge in [0.05, 0.1) is 11.6 Å². The average Bonchev–Trinajstić information content (AvgIpc) is 2.83. The summed E-state index contributed by atoms with van der Waals surface area (Å²) in [6.07, 6.45) is 8.40. The van der Waals surface area contributed by atoms with Crippen LogP contribution in [-0.4, -0.2) is 9.67 Å². The molecule has 0 saturated heterocycles. The minimum atomic E-state index is -0.397. The second-order valence-corrected chi connectivity index (χ2v) is 5.48. The summed E-state index contributed by atoms with van der Waals surface area (Å²) in [7, 11) is 0. The van der Waals surface area contributed by atoms with Crippen LogP contribution in [-0.2, 0) is 0 Å². The Morgan fingerprint density at radius 2 is 1.94 bits per heavy atom. The van der Waals surface area contributed by atoms with Gasteiger partial charge in [-0.3, -0.25) is 0 Å². The molecule has 1 aliphatic rings. The topological polar surface area (TPSA) is 25.2 Å². The third kappa shape index (κ3) is 1.95. The molecule has 1 aromatic carbocycles. The summed E-state index contributed by atoms with van der Waals surface area (Å²) in [6, 6.07) is 9.02. The third-order valence-corrected chi connectivity index (χ3v) is 4.19. The maximum Gasteiger partial charge on any atom is 0.0782 e. The zero-order chi connectivity index (χ0) is 12.5. The molecule has 1 fully saturated rings. The summed E-state index contributed by atoms with van der Waals surface area (Å²) in [6.45, 7) is 1.85. The van der Waals surface area contributed by atoms with E-state index in [0.717, 1.165) is 5.56 Å². The first-order chi connectivity index (χ1) is 8.77.